The number of amides is 1. The molecule has 0 bridgehead atoms. The van der Waals surface area contributed by atoms with Crippen molar-refractivity contribution in [2.75, 3.05) is 14.2 Å². The van der Waals surface area contributed by atoms with Crippen molar-refractivity contribution < 1.29 is 19.2 Å². The highest BCUT2D eigenvalue weighted by molar-refractivity contribution is 5.88. The second kappa shape index (κ2) is 8.42. The number of carbonyl (C=O) groups is 1. The summed E-state index contributed by atoms with van der Waals surface area (Å²) in [5.41, 5.74) is 1.74. The lowest BCUT2D eigenvalue weighted by molar-refractivity contribution is -0.385. The highest BCUT2D eigenvalue weighted by Crippen LogP contribution is 2.33. The van der Waals surface area contributed by atoms with Gasteiger partial charge in [-0.3, -0.25) is 19.7 Å². The van der Waals surface area contributed by atoms with E-state index in [0.29, 0.717) is 0 Å². The van der Waals surface area contributed by atoms with E-state index in [2.05, 4.69) is 10.5 Å². The number of hydrazone groups is 1. The van der Waals surface area contributed by atoms with E-state index in [1.165, 1.54) is 43.2 Å². The molecule has 0 saturated heterocycles. The van der Waals surface area contributed by atoms with Crippen LogP contribution >= 0.6 is 0 Å². The van der Waals surface area contributed by atoms with Gasteiger partial charge >= 0.3 is 0 Å². The summed E-state index contributed by atoms with van der Waals surface area (Å²) in [5, 5.41) is 14.9. The number of rotatable bonds is 7. The maximum Gasteiger partial charge on any atom is 0.282 e. The summed E-state index contributed by atoms with van der Waals surface area (Å²) in [6.45, 7) is -0.231. The van der Waals surface area contributed by atoms with Gasteiger partial charge in [-0.05, 0) is 12.1 Å². The molecule has 1 aromatic heterocycles. The summed E-state index contributed by atoms with van der Waals surface area (Å²) in [6, 6.07) is 7.07. The number of nitrogens with one attached hydrogen (secondary N) is 1. The first kappa shape index (κ1) is 18.6. The van der Waals surface area contributed by atoms with Gasteiger partial charge in [0.1, 0.15) is 6.54 Å². The maximum absolute atomic E-state index is 11.8. The number of hydrogen-bond donors (Lipinski definition) is 1. The molecule has 0 aliphatic rings. The van der Waals surface area contributed by atoms with Crippen LogP contribution in [-0.2, 0) is 11.3 Å². The molecule has 1 N–H and O–H groups in total. The van der Waals surface area contributed by atoms with E-state index < -0.39 is 10.8 Å². The number of ether oxygens (including phenoxy) is 2. The Kier molecular flexibility index (Phi) is 6.04. The number of hydrogen-bond acceptors (Lipinski definition) is 7. The molecule has 10 nitrogen and oxygen atoms in total. The Morgan fingerprint density at radius 2 is 2.00 bits per heavy atom. The average molecular weight is 360 g/mol. The Hall–Kier alpha value is -3.69. The van der Waals surface area contributed by atoms with Crippen LogP contribution in [0.5, 0.6) is 11.5 Å². The van der Waals surface area contributed by atoms with Gasteiger partial charge in [-0.1, -0.05) is 6.07 Å². The largest absolute Gasteiger partial charge is 0.493 e. The van der Waals surface area contributed by atoms with Gasteiger partial charge in [-0.2, -0.15) is 5.10 Å². The second-order valence-corrected chi connectivity index (χ2v) is 4.98. The third-order valence-corrected chi connectivity index (χ3v) is 3.34. The molecule has 0 fully saturated rings. The topological polar surface area (TPSA) is 125 Å². The minimum Gasteiger partial charge on any atom is -0.493 e. The van der Waals surface area contributed by atoms with Crippen molar-refractivity contribution in [1.82, 2.24) is 9.99 Å². The number of pyridine rings is 1. The monoisotopic (exact) mass is 360 g/mol. The van der Waals surface area contributed by atoms with Crippen molar-refractivity contribution in [3.05, 3.63) is 62.6 Å². The SMILES string of the molecule is COc1cc(/C=N\NC(=O)Cn2ccccc2=O)c([N+](=O)[O-])cc1OC. The van der Waals surface area contributed by atoms with Crippen LogP contribution in [0.25, 0.3) is 0 Å². The molecule has 0 saturated carbocycles. The Bertz CT molecular complexity index is 906. The minimum atomic E-state index is -0.603. The molecule has 0 radical (unpaired) electrons. The zero-order chi connectivity index (χ0) is 19.1. The number of nitrogens with zero attached hydrogens (tertiary/aromatic N) is 3. The number of methoxy groups -OCH3 is 2. The molecule has 0 unspecified atom stereocenters. The zero-order valence-corrected chi connectivity index (χ0v) is 14.0. The van der Waals surface area contributed by atoms with Gasteiger partial charge < -0.3 is 14.0 Å². The molecule has 10 heteroatoms. The first-order valence-electron chi connectivity index (χ1n) is 7.34. The summed E-state index contributed by atoms with van der Waals surface area (Å²) >= 11 is 0. The summed E-state index contributed by atoms with van der Waals surface area (Å²) in [6.07, 6.45) is 2.58. The van der Waals surface area contributed by atoms with Crippen LogP contribution in [0, 0.1) is 10.1 Å². The number of nitro groups is 1. The lowest BCUT2D eigenvalue weighted by atomic mass is 10.1. The molecule has 0 atom stereocenters. The maximum atomic E-state index is 11.8. The molecular formula is C16H16N4O6. The van der Waals surface area contributed by atoms with E-state index >= 15 is 0 Å². The minimum absolute atomic E-state index is 0.116. The lowest BCUT2D eigenvalue weighted by Gasteiger charge is -2.08. The van der Waals surface area contributed by atoms with Crippen LogP contribution in [0.4, 0.5) is 5.69 Å². The normalized spacial score (nSPS) is 10.5. The molecular weight excluding hydrogens is 344 g/mol. The average Bonchev–Trinajstić information content (AvgIpc) is 2.62. The fourth-order valence-corrected chi connectivity index (χ4v) is 2.10. The van der Waals surface area contributed by atoms with Gasteiger partial charge in [-0.15, -0.1) is 0 Å². The third kappa shape index (κ3) is 4.44. The number of benzene rings is 1. The molecule has 0 aliphatic heterocycles. The number of aromatic nitrogens is 1. The Morgan fingerprint density at radius 3 is 2.62 bits per heavy atom. The highest BCUT2D eigenvalue weighted by Gasteiger charge is 2.18. The summed E-state index contributed by atoms with van der Waals surface area (Å²) in [4.78, 5) is 34.0. The Balaban J connectivity index is 2.16. The van der Waals surface area contributed by atoms with E-state index in [1.54, 1.807) is 12.1 Å². The van der Waals surface area contributed by atoms with E-state index in [1.807, 2.05) is 0 Å². The fraction of sp³-hybridized carbons (Fsp3) is 0.188. The Labute approximate surface area is 147 Å². The Morgan fingerprint density at radius 1 is 1.31 bits per heavy atom. The van der Waals surface area contributed by atoms with Gasteiger partial charge in [0.2, 0.25) is 0 Å². The predicted octanol–water partition coefficient (Wildman–Crippen LogP) is 0.924. The third-order valence-electron chi connectivity index (χ3n) is 3.34. The molecule has 1 amide bonds. The molecule has 1 aromatic carbocycles. The molecule has 0 spiro atoms. The van der Waals surface area contributed by atoms with E-state index in [4.69, 9.17) is 9.47 Å². The molecule has 2 aromatic rings. The van der Waals surface area contributed by atoms with Crippen LogP contribution in [0.2, 0.25) is 0 Å². The second-order valence-electron chi connectivity index (χ2n) is 4.98. The number of carbonyl (C=O) groups excluding carboxylic acids is 1. The fourth-order valence-electron chi connectivity index (χ4n) is 2.10. The van der Waals surface area contributed by atoms with Gasteiger partial charge in [0.15, 0.2) is 11.5 Å². The van der Waals surface area contributed by atoms with Gasteiger partial charge in [0.25, 0.3) is 17.2 Å². The first-order chi connectivity index (χ1) is 12.5. The van der Waals surface area contributed by atoms with Crippen LogP contribution in [0.15, 0.2) is 46.4 Å². The van der Waals surface area contributed by atoms with E-state index in [-0.39, 0.29) is 34.9 Å². The van der Waals surface area contributed by atoms with Crippen molar-refractivity contribution in [2.45, 2.75) is 6.54 Å². The molecule has 1 heterocycles. The van der Waals surface area contributed by atoms with Crippen molar-refractivity contribution in [3.8, 4) is 11.5 Å². The van der Waals surface area contributed by atoms with E-state index in [9.17, 15) is 19.7 Å². The van der Waals surface area contributed by atoms with Crippen molar-refractivity contribution in [2.24, 2.45) is 5.10 Å². The molecule has 26 heavy (non-hydrogen) atoms. The first-order valence-corrected chi connectivity index (χ1v) is 7.34. The summed E-state index contributed by atoms with van der Waals surface area (Å²) < 4.78 is 11.3. The molecule has 2 rings (SSSR count). The summed E-state index contributed by atoms with van der Waals surface area (Å²) in [5.74, 6) is -0.0803. The van der Waals surface area contributed by atoms with Crippen LogP contribution in [0.1, 0.15) is 5.56 Å². The van der Waals surface area contributed by atoms with Crippen LogP contribution in [-0.4, -0.2) is 35.8 Å². The lowest BCUT2D eigenvalue weighted by Crippen LogP contribution is -2.29. The molecule has 0 aliphatic carbocycles. The van der Waals surface area contributed by atoms with E-state index in [0.717, 1.165) is 6.21 Å². The predicted molar refractivity (Wildman–Crippen MR) is 92.6 cm³/mol. The van der Waals surface area contributed by atoms with Crippen LogP contribution < -0.4 is 20.5 Å². The van der Waals surface area contributed by atoms with Crippen LogP contribution in [0.3, 0.4) is 0 Å². The van der Waals surface area contributed by atoms with Gasteiger partial charge in [0.05, 0.1) is 37.0 Å². The van der Waals surface area contributed by atoms with Gasteiger partial charge in [-0.25, -0.2) is 5.43 Å². The van der Waals surface area contributed by atoms with Crippen molar-refractivity contribution in [1.29, 1.82) is 0 Å². The van der Waals surface area contributed by atoms with Crippen molar-refractivity contribution in [3.63, 3.8) is 0 Å². The molecule has 136 valence electrons. The van der Waals surface area contributed by atoms with Crippen molar-refractivity contribution >= 4 is 17.8 Å². The number of nitro benzene ring substituents is 1. The summed E-state index contributed by atoms with van der Waals surface area (Å²) in [7, 11) is 2.76. The smallest absolute Gasteiger partial charge is 0.282 e. The highest BCUT2D eigenvalue weighted by atomic mass is 16.6. The van der Waals surface area contributed by atoms with Gasteiger partial charge in [0, 0.05) is 12.3 Å². The standard InChI is InChI=1S/C16H16N4O6/c1-25-13-7-11(12(20(23)24)8-14(13)26-2)9-17-18-15(21)10-19-6-4-3-5-16(19)22/h3-9H,10H2,1-2H3,(H,18,21)/b17-9-. The quantitative estimate of drug-likeness (QED) is 0.445. The zero-order valence-electron chi connectivity index (χ0n) is 14.0.